The van der Waals surface area contributed by atoms with Gasteiger partial charge in [0.2, 0.25) is 0 Å². The first-order valence-corrected chi connectivity index (χ1v) is 7.13. The fourth-order valence-corrected chi connectivity index (χ4v) is 2.84. The van der Waals surface area contributed by atoms with Crippen molar-refractivity contribution in [1.29, 1.82) is 0 Å². The molecule has 1 aromatic carbocycles. The van der Waals surface area contributed by atoms with Crippen molar-refractivity contribution in [3.05, 3.63) is 33.8 Å². The molecule has 2 heterocycles. The number of hydrogen-bond donors (Lipinski definition) is 0. The second-order valence-electron chi connectivity index (χ2n) is 5.03. The van der Waals surface area contributed by atoms with E-state index in [0.29, 0.717) is 17.2 Å². The molecule has 1 aliphatic heterocycles. The lowest BCUT2D eigenvalue weighted by molar-refractivity contribution is 0.219. The number of piperidine rings is 1. The Hall–Kier alpha value is -1.26. The zero-order valence-corrected chi connectivity index (χ0v) is 11.5. The van der Waals surface area contributed by atoms with E-state index >= 15 is 0 Å². The third-order valence-corrected chi connectivity index (χ3v) is 3.95. The molecular formula is C14H17ClN2O2. The van der Waals surface area contributed by atoms with Gasteiger partial charge in [-0.1, -0.05) is 18.0 Å². The van der Waals surface area contributed by atoms with Crippen molar-refractivity contribution in [2.24, 2.45) is 0 Å². The molecule has 4 nitrogen and oxygen atoms in total. The summed E-state index contributed by atoms with van der Waals surface area (Å²) in [6.45, 7) is 3.81. The normalized spacial score (nSPS) is 17.1. The van der Waals surface area contributed by atoms with Crippen molar-refractivity contribution in [2.75, 3.05) is 19.6 Å². The second kappa shape index (κ2) is 5.39. The Balaban J connectivity index is 1.81. The van der Waals surface area contributed by atoms with Crippen molar-refractivity contribution in [3.8, 4) is 0 Å². The molecule has 0 amide bonds. The first-order valence-electron chi connectivity index (χ1n) is 6.75. The van der Waals surface area contributed by atoms with E-state index < -0.39 is 0 Å². The Labute approximate surface area is 116 Å². The molecule has 0 bridgehead atoms. The number of aromatic nitrogens is 1. The van der Waals surface area contributed by atoms with Crippen LogP contribution in [0.2, 0.25) is 5.02 Å². The van der Waals surface area contributed by atoms with Crippen LogP contribution in [0.15, 0.2) is 27.4 Å². The minimum Gasteiger partial charge on any atom is -0.408 e. The molecule has 1 aliphatic rings. The van der Waals surface area contributed by atoms with Crippen LogP contribution in [-0.2, 0) is 6.54 Å². The lowest BCUT2D eigenvalue weighted by Gasteiger charge is -2.26. The van der Waals surface area contributed by atoms with Crippen LogP contribution in [0.4, 0.5) is 0 Å². The van der Waals surface area contributed by atoms with Crippen molar-refractivity contribution in [1.82, 2.24) is 9.47 Å². The van der Waals surface area contributed by atoms with Gasteiger partial charge in [-0.05, 0) is 44.1 Å². The molecule has 0 aliphatic carbocycles. The van der Waals surface area contributed by atoms with E-state index in [1.54, 1.807) is 22.8 Å². The maximum absolute atomic E-state index is 11.9. The van der Waals surface area contributed by atoms with Crippen LogP contribution >= 0.6 is 11.6 Å². The lowest BCUT2D eigenvalue weighted by atomic mass is 10.1. The Kier molecular flexibility index (Phi) is 3.62. The van der Waals surface area contributed by atoms with E-state index in [-0.39, 0.29) is 5.76 Å². The molecule has 0 atom stereocenters. The van der Waals surface area contributed by atoms with Crippen LogP contribution in [0.5, 0.6) is 0 Å². The summed E-state index contributed by atoms with van der Waals surface area (Å²) in [4.78, 5) is 14.3. The molecule has 5 heteroatoms. The molecule has 19 heavy (non-hydrogen) atoms. The average molecular weight is 281 g/mol. The van der Waals surface area contributed by atoms with E-state index in [0.717, 1.165) is 25.2 Å². The summed E-state index contributed by atoms with van der Waals surface area (Å²) in [5.41, 5.74) is 1.39. The van der Waals surface area contributed by atoms with Gasteiger partial charge in [-0.2, -0.15) is 0 Å². The molecule has 0 saturated carbocycles. The summed E-state index contributed by atoms with van der Waals surface area (Å²) in [5, 5.41) is 0.625. The molecule has 1 saturated heterocycles. The number of benzene rings is 1. The third-order valence-electron chi connectivity index (χ3n) is 3.72. The van der Waals surface area contributed by atoms with Crippen LogP contribution in [-0.4, -0.2) is 29.1 Å². The van der Waals surface area contributed by atoms with Gasteiger partial charge < -0.3 is 9.32 Å². The second-order valence-corrected chi connectivity index (χ2v) is 5.47. The first kappa shape index (κ1) is 12.8. The Bertz CT molecular complexity index is 626. The van der Waals surface area contributed by atoms with E-state index in [1.165, 1.54) is 19.3 Å². The number of likely N-dealkylation sites (tertiary alicyclic amines) is 1. The third kappa shape index (κ3) is 2.69. The van der Waals surface area contributed by atoms with Crippen molar-refractivity contribution in [2.45, 2.75) is 25.8 Å². The van der Waals surface area contributed by atoms with Gasteiger partial charge in [0.1, 0.15) is 0 Å². The SMILES string of the molecule is O=c1oc2ccc(Cl)cc2n1CCN1CCCCC1. The van der Waals surface area contributed by atoms with Gasteiger partial charge in [0, 0.05) is 18.1 Å². The Morgan fingerprint density at radius 1 is 1.16 bits per heavy atom. The number of nitrogens with zero attached hydrogens (tertiary/aromatic N) is 2. The molecule has 1 aromatic heterocycles. The number of hydrogen-bond acceptors (Lipinski definition) is 3. The summed E-state index contributed by atoms with van der Waals surface area (Å²) in [5.74, 6) is -0.297. The molecular weight excluding hydrogens is 264 g/mol. The monoisotopic (exact) mass is 280 g/mol. The Morgan fingerprint density at radius 3 is 2.74 bits per heavy atom. The van der Waals surface area contributed by atoms with E-state index in [2.05, 4.69) is 4.90 Å². The van der Waals surface area contributed by atoms with Gasteiger partial charge in [0.05, 0.1) is 5.52 Å². The van der Waals surface area contributed by atoms with Crippen molar-refractivity contribution < 1.29 is 4.42 Å². The summed E-state index contributed by atoms with van der Waals surface area (Å²) < 4.78 is 6.90. The minimum absolute atomic E-state index is 0.297. The van der Waals surface area contributed by atoms with Gasteiger partial charge in [0.15, 0.2) is 5.58 Å². The predicted molar refractivity (Wildman–Crippen MR) is 75.8 cm³/mol. The number of oxazole rings is 1. The predicted octanol–water partition coefficient (Wildman–Crippen LogP) is 2.73. The maximum Gasteiger partial charge on any atom is 0.419 e. The molecule has 3 rings (SSSR count). The van der Waals surface area contributed by atoms with Gasteiger partial charge in [0.25, 0.3) is 0 Å². The smallest absolute Gasteiger partial charge is 0.408 e. The van der Waals surface area contributed by atoms with E-state index in [4.69, 9.17) is 16.0 Å². The minimum atomic E-state index is -0.297. The van der Waals surface area contributed by atoms with E-state index in [9.17, 15) is 4.79 Å². The number of fused-ring (bicyclic) bond motifs is 1. The highest BCUT2D eigenvalue weighted by molar-refractivity contribution is 6.31. The summed E-state index contributed by atoms with van der Waals surface area (Å²) in [6.07, 6.45) is 3.83. The zero-order chi connectivity index (χ0) is 13.2. The highest BCUT2D eigenvalue weighted by Crippen LogP contribution is 2.18. The lowest BCUT2D eigenvalue weighted by Crippen LogP contribution is -2.33. The molecule has 0 spiro atoms. The van der Waals surface area contributed by atoms with Crippen LogP contribution in [0.3, 0.4) is 0 Å². The summed E-state index contributed by atoms with van der Waals surface area (Å²) in [7, 11) is 0. The molecule has 0 radical (unpaired) electrons. The van der Waals surface area contributed by atoms with E-state index in [1.807, 2.05) is 0 Å². The van der Waals surface area contributed by atoms with Gasteiger partial charge >= 0.3 is 5.76 Å². The molecule has 0 unspecified atom stereocenters. The van der Waals surface area contributed by atoms with Crippen LogP contribution in [0.25, 0.3) is 11.1 Å². The topological polar surface area (TPSA) is 38.4 Å². The summed E-state index contributed by atoms with van der Waals surface area (Å²) in [6, 6.07) is 5.27. The average Bonchev–Trinajstić information content (AvgIpc) is 2.73. The molecule has 1 fully saturated rings. The highest BCUT2D eigenvalue weighted by Gasteiger charge is 2.13. The Morgan fingerprint density at radius 2 is 1.95 bits per heavy atom. The highest BCUT2D eigenvalue weighted by atomic mass is 35.5. The fourth-order valence-electron chi connectivity index (χ4n) is 2.67. The number of rotatable bonds is 3. The standard InChI is InChI=1S/C14H17ClN2O2/c15-11-4-5-13-12(10-11)17(14(18)19-13)9-8-16-6-2-1-3-7-16/h4-5,10H,1-3,6-9H2. The van der Waals surface area contributed by atoms with Gasteiger partial charge in [-0.3, -0.25) is 4.57 Å². The van der Waals surface area contributed by atoms with Crippen LogP contribution in [0.1, 0.15) is 19.3 Å². The largest absolute Gasteiger partial charge is 0.419 e. The van der Waals surface area contributed by atoms with Gasteiger partial charge in [-0.25, -0.2) is 4.79 Å². The maximum atomic E-state index is 11.9. The summed E-state index contributed by atoms with van der Waals surface area (Å²) >= 11 is 5.98. The van der Waals surface area contributed by atoms with Crippen LogP contribution in [0, 0.1) is 0 Å². The zero-order valence-electron chi connectivity index (χ0n) is 10.8. The molecule has 0 N–H and O–H groups in total. The fraction of sp³-hybridized carbons (Fsp3) is 0.500. The van der Waals surface area contributed by atoms with Crippen molar-refractivity contribution >= 4 is 22.7 Å². The number of halogens is 1. The van der Waals surface area contributed by atoms with Crippen molar-refractivity contribution in [3.63, 3.8) is 0 Å². The molecule has 2 aromatic rings. The van der Waals surface area contributed by atoms with Crippen LogP contribution < -0.4 is 5.76 Å². The first-order chi connectivity index (χ1) is 9.24. The molecule has 102 valence electrons. The quantitative estimate of drug-likeness (QED) is 0.868. The van der Waals surface area contributed by atoms with Gasteiger partial charge in [-0.15, -0.1) is 0 Å².